The van der Waals surface area contributed by atoms with E-state index in [1.54, 1.807) is 11.3 Å². The second-order valence-corrected chi connectivity index (χ2v) is 7.38. The zero-order chi connectivity index (χ0) is 16.3. The van der Waals surface area contributed by atoms with Crippen molar-refractivity contribution in [3.8, 4) is 5.75 Å². The molecule has 0 bridgehead atoms. The minimum Gasteiger partial charge on any atom is -0.493 e. The lowest BCUT2D eigenvalue weighted by Crippen LogP contribution is -2.38. The Morgan fingerprint density at radius 2 is 2.17 bits per heavy atom. The van der Waals surface area contributed by atoms with Crippen LogP contribution in [0.4, 0.5) is 0 Å². The predicted molar refractivity (Wildman–Crippen MR) is 96.3 cm³/mol. The van der Waals surface area contributed by atoms with Crippen molar-refractivity contribution in [3.63, 3.8) is 0 Å². The van der Waals surface area contributed by atoms with Crippen molar-refractivity contribution in [2.45, 2.75) is 31.7 Å². The Kier molecular flexibility index (Phi) is 4.57. The molecule has 0 spiro atoms. The molecule has 0 aliphatic carbocycles. The number of nitrogens with one attached hydrogen (secondary N) is 1. The number of guanidine groups is 1. The van der Waals surface area contributed by atoms with Crippen LogP contribution in [0.5, 0.6) is 5.75 Å². The molecule has 1 aliphatic heterocycles. The van der Waals surface area contributed by atoms with E-state index in [1.165, 1.54) is 4.88 Å². The van der Waals surface area contributed by atoms with Gasteiger partial charge in [0.15, 0.2) is 5.96 Å². The fourth-order valence-electron chi connectivity index (χ4n) is 2.74. The maximum atomic E-state index is 6.12. The van der Waals surface area contributed by atoms with Gasteiger partial charge >= 0.3 is 0 Å². The van der Waals surface area contributed by atoms with Crippen molar-refractivity contribution in [1.29, 1.82) is 0 Å². The van der Waals surface area contributed by atoms with Crippen molar-refractivity contribution in [3.05, 3.63) is 52.2 Å². The van der Waals surface area contributed by atoms with E-state index in [1.807, 2.05) is 18.2 Å². The molecule has 3 N–H and O–H groups in total. The Bertz CT molecular complexity index is 679. The number of aliphatic imine (C=N–C) groups is 1. The Morgan fingerprint density at radius 3 is 2.96 bits per heavy atom. The largest absolute Gasteiger partial charge is 0.493 e. The molecule has 0 fully saturated rings. The third-order valence-corrected chi connectivity index (χ3v) is 5.35. The molecule has 23 heavy (non-hydrogen) atoms. The Labute approximate surface area is 141 Å². The molecule has 0 radical (unpaired) electrons. The molecule has 0 saturated carbocycles. The highest BCUT2D eigenvalue weighted by Gasteiger charge is 2.23. The number of ether oxygens (including phenoxy) is 1. The lowest BCUT2D eigenvalue weighted by molar-refractivity contribution is 0.262. The summed E-state index contributed by atoms with van der Waals surface area (Å²) in [6.45, 7) is 5.75. The monoisotopic (exact) mass is 329 g/mol. The minimum atomic E-state index is -0.00590. The number of fused-ring (bicyclic) bond motifs is 1. The van der Waals surface area contributed by atoms with Gasteiger partial charge in [-0.1, -0.05) is 38.1 Å². The van der Waals surface area contributed by atoms with E-state index in [0.717, 1.165) is 17.7 Å². The molecule has 1 aliphatic rings. The van der Waals surface area contributed by atoms with Gasteiger partial charge < -0.3 is 15.8 Å². The highest BCUT2D eigenvalue weighted by atomic mass is 32.1. The zero-order valence-corrected chi connectivity index (χ0v) is 14.4. The Morgan fingerprint density at radius 1 is 1.35 bits per heavy atom. The smallest absolute Gasteiger partial charge is 0.189 e. The van der Waals surface area contributed by atoms with Crippen LogP contribution in [0.1, 0.15) is 36.8 Å². The van der Waals surface area contributed by atoms with Crippen molar-refractivity contribution >= 4 is 17.3 Å². The van der Waals surface area contributed by atoms with Gasteiger partial charge in [0.2, 0.25) is 0 Å². The summed E-state index contributed by atoms with van der Waals surface area (Å²) in [5.74, 6) is 1.43. The van der Waals surface area contributed by atoms with Crippen LogP contribution < -0.4 is 15.8 Å². The standard InChI is InChI=1S/C18H23N3OS/c1-18(2,16-8-5-11-23-16)12-20-17(19)21-14-9-10-22-15-7-4-3-6-13(14)15/h3-8,11,14H,9-10,12H2,1-2H3,(H3,19,20,21). The van der Waals surface area contributed by atoms with E-state index in [4.69, 9.17) is 10.5 Å². The van der Waals surface area contributed by atoms with Crippen molar-refractivity contribution in [2.24, 2.45) is 10.7 Å². The minimum absolute atomic E-state index is 0.00590. The number of nitrogens with zero attached hydrogens (tertiary/aromatic N) is 1. The maximum Gasteiger partial charge on any atom is 0.189 e. The normalized spacial score (nSPS) is 18.2. The Hall–Kier alpha value is -2.01. The Balaban J connectivity index is 1.67. The molecule has 2 aromatic rings. The van der Waals surface area contributed by atoms with Crippen LogP contribution in [0.3, 0.4) is 0 Å². The predicted octanol–water partition coefficient (Wildman–Crippen LogP) is 3.45. The summed E-state index contributed by atoms with van der Waals surface area (Å²) in [4.78, 5) is 5.89. The van der Waals surface area contributed by atoms with Crippen LogP contribution in [0.25, 0.3) is 0 Å². The van der Waals surface area contributed by atoms with Crippen LogP contribution in [0, 0.1) is 0 Å². The van der Waals surface area contributed by atoms with Crippen LogP contribution in [0.2, 0.25) is 0 Å². The molecular formula is C18H23N3OS. The van der Waals surface area contributed by atoms with Gasteiger partial charge in [0.05, 0.1) is 19.2 Å². The molecule has 1 aromatic carbocycles. The quantitative estimate of drug-likeness (QED) is 0.667. The van der Waals surface area contributed by atoms with Crippen LogP contribution in [-0.2, 0) is 5.41 Å². The third-order valence-electron chi connectivity index (χ3n) is 4.11. The number of hydrogen-bond acceptors (Lipinski definition) is 3. The van der Waals surface area contributed by atoms with E-state index in [-0.39, 0.29) is 11.5 Å². The third kappa shape index (κ3) is 3.67. The molecule has 5 heteroatoms. The molecule has 122 valence electrons. The van der Waals surface area contributed by atoms with Gasteiger partial charge in [-0.25, -0.2) is 0 Å². The fourth-order valence-corrected chi connectivity index (χ4v) is 3.59. The number of nitrogens with two attached hydrogens (primary N) is 1. The van der Waals surface area contributed by atoms with Gasteiger partial charge in [0.1, 0.15) is 5.75 Å². The summed E-state index contributed by atoms with van der Waals surface area (Å²) < 4.78 is 5.68. The highest BCUT2D eigenvalue weighted by molar-refractivity contribution is 7.10. The summed E-state index contributed by atoms with van der Waals surface area (Å²) in [6, 6.07) is 12.5. The van der Waals surface area contributed by atoms with Crippen molar-refractivity contribution in [2.75, 3.05) is 13.2 Å². The first-order valence-corrected chi connectivity index (χ1v) is 8.76. The zero-order valence-electron chi connectivity index (χ0n) is 13.6. The van der Waals surface area contributed by atoms with Gasteiger partial charge in [0, 0.05) is 22.3 Å². The van der Waals surface area contributed by atoms with Gasteiger partial charge in [-0.2, -0.15) is 0 Å². The second kappa shape index (κ2) is 6.62. The first kappa shape index (κ1) is 15.9. The summed E-state index contributed by atoms with van der Waals surface area (Å²) in [5.41, 5.74) is 7.27. The summed E-state index contributed by atoms with van der Waals surface area (Å²) in [7, 11) is 0. The highest BCUT2D eigenvalue weighted by Crippen LogP contribution is 2.31. The van der Waals surface area contributed by atoms with Gasteiger partial charge in [-0.05, 0) is 17.5 Å². The molecule has 4 nitrogen and oxygen atoms in total. The van der Waals surface area contributed by atoms with Gasteiger partial charge in [-0.15, -0.1) is 11.3 Å². The van der Waals surface area contributed by atoms with E-state index in [2.05, 4.69) is 47.7 Å². The second-order valence-electron chi connectivity index (χ2n) is 6.43. The number of para-hydroxylation sites is 1. The lowest BCUT2D eigenvalue weighted by Gasteiger charge is -2.27. The summed E-state index contributed by atoms with van der Waals surface area (Å²) >= 11 is 1.76. The molecular weight excluding hydrogens is 306 g/mol. The first-order valence-electron chi connectivity index (χ1n) is 7.88. The van der Waals surface area contributed by atoms with Crippen LogP contribution in [-0.4, -0.2) is 19.1 Å². The maximum absolute atomic E-state index is 6.12. The average Bonchev–Trinajstić information content (AvgIpc) is 3.09. The lowest BCUT2D eigenvalue weighted by atomic mass is 9.92. The molecule has 0 amide bonds. The van der Waals surface area contributed by atoms with E-state index < -0.39 is 0 Å². The van der Waals surface area contributed by atoms with E-state index >= 15 is 0 Å². The number of benzene rings is 1. The molecule has 1 aromatic heterocycles. The molecule has 2 heterocycles. The van der Waals surface area contributed by atoms with Crippen molar-refractivity contribution < 1.29 is 4.74 Å². The van der Waals surface area contributed by atoms with Crippen molar-refractivity contribution in [1.82, 2.24) is 5.32 Å². The molecule has 1 atom stereocenters. The summed E-state index contributed by atoms with van der Waals surface area (Å²) in [5, 5.41) is 5.44. The summed E-state index contributed by atoms with van der Waals surface area (Å²) in [6.07, 6.45) is 0.890. The van der Waals surface area contributed by atoms with E-state index in [0.29, 0.717) is 19.1 Å². The molecule has 3 rings (SSSR count). The number of thiophene rings is 1. The van der Waals surface area contributed by atoms with Gasteiger partial charge in [-0.3, -0.25) is 4.99 Å². The average molecular weight is 329 g/mol. The molecule has 1 unspecified atom stereocenters. The number of hydrogen-bond donors (Lipinski definition) is 2. The SMILES string of the molecule is CC(C)(CN=C(N)NC1CCOc2ccccc21)c1cccs1. The fraction of sp³-hybridized carbons (Fsp3) is 0.389. The van der Waals surface area contributed by atoms with Crippen LogP contribution in [0.15, 0.2) is 46.8 Å². The first-order chi connectivity index (χ1) is 11.1. The van der Waals surface area contributed by atoms with Gasteiger partial charge in [0.25, 0.3) is 0 Å². The van der Waals surface area contributed by atoms with E-state index in [9.17, 15) is 0 Å². The van der Waals surface area contributed by atoms with Crippen LogP contribution >= 0.6 is 11.3 Å². The topological polar surface area (TPSA) is 59.6 Å². The number of rotatable bonds is 4. The molecule has 0 saturated heterocycles.